The zero-order chi connectivity index (χ0) is 10.6. The van der Waals surface area contributed by atoms with Crippen LogP contribution in [0, 0.1) is 0 Å². The van der Waals surface area contributed by atoms with Gasteiger partial charge in [-0.05, 0) is 41.4 Å². The van der Waals surface area contributed by atoms with E-state index in [-0.39, 0.29) is 11.9 Å². The molecule has 0 aliphatic rings. The molecule has 0 bridgehead atoms. The molecular weight excluding hydrogens is 246 g/mol. The third kappa shape index (κ3) is 3.18. The van der Waals surface area contributed by atoms with E-state index in [0.717, 1.165) is 12.8 Å². The van der Waals surface area contributed by atoms with Gasteiger partial charge < -0.3 is 9.73 Å². The largest absolute Gasteiger partial charge is 0.444 e. The average Bonchev–Trinajstić information content (AvgIpc) is 2.52. The fourth-order valence-electron chi connectivity index (χ4n) is 1.24. The molecule has 1 amide bonds. The van der Waals surface area contributed by atoms with Gasteiger partial charge in [-0.1, -0.05) is 13.3 Å². The molecule has 0 radical (unpaired) electrons. The summed E-state index contributed by atoms with van der Waals surface area (Å²) in [5.74, 6) is 0.191. The Kier molecular flexibility index (Phi) is 4.20. The van der Waals surface area contributed by atoms with Crippen LogP contribution in [-0.2, 0) is 0 Å². The van der Waals surface area contributed by atoms with E-state index in [9.17, 15) is 4.79 Å². The highest BCUT2D eigenvalue weighted by molar-refractivity contribution is 9.10. The van der Waals surface area contributed by atoms with E-state index in [1.165, 1.54) is 0 Å². The van der Waals surface area contributed by atoms with Crippen LogP contribution < -0.4 is 5.32 Å². The molecule has 0 saturated heterocycles. The van der Waals surface area contributed by atoms with E-state index in [2.05, 4.69) is 28.2 Å². The first-order valence-electron chi connectivity index (χ1n) is 4.69. The van der Waals surface area contributed by atoms with E-state index in [4.69, 9.17) is 4.42 Å². The normalized spacial score (nSPS) is 12.5. The predicted octanol–water partition coefficient (Wildman–Crippen LogP) is 2.96. The Morgan fingerprint density at radius 3 is 2.86 bits per heavy atom. The van der Waals surface area contributed by atoms with Gasteiger partial charge in [0.1, 0.15) is 0 Å². The van der Waals surface area contributed by atoms with Crippen LogP contribution in [0.4, 0.5) is 0 Å². The van der Waals surface area contributed by atoms with Gasteiger partial charge in [-0.25, -0.2) is 0 Å². The predicted molar refractivity (Wildman–Crippen MR) is 58.2 cm³/mol. The van der Waals surface area contributed by atoms with Gasteiger partial charge in [-0.2, -0.15) is 0 Å². The molecule has 1 N–H and O–H groups in total. The molecule has 1 aromatic heterocycles. The van der Waals surface area contributed by atoms with Crippen molar-refractivity contribution in [3.8, 4) is 0 Å². The maximum absolute atomic E-state index is 11.5. The highest BCUT2D eigenvalue weighted by Gasteiger charge is 2.12. The molecule has 78 valence electrons. The first kappa shape index (κ1) is 11.3. The summed E-state index contributed by atoms with van der Waals surface area (Å²) in [6.07, 6.45) is 2.04. The van der Waals surface area contributed by atoms with Crippen LogP contribution in [0.25, 0.3) is 0 Å². The second-order valence-electron chi connectivity index (χ2n) is 3.27. The van der Waals surface area contributed by atoms with E-state index in [0.29, 0.717) is 10.4 Å². The number of carbonyl (C=O) groups is 1. The lowest BCUT2D eigenvalue weighted by molar-refractivity contribution is 0.0909. The Morgan fingerprint density at radius 1 is 1.64 bits per heavy atom. The van der Waals surface area contributed by atoms with Crippen molar-refractivity contribution >= 4 is 21.8 Å². The first-order valence-corrected chi connectivity index (χ1v) is 5.49. The lowest BCUT2D eigenvalue weighted by Gasteiger charge is -2.10. The summed E-state index contributed by atoms with van der Waals surface area (Å²) in [5, 5.41) is 2.86. The Labute approximate surface area is 92.0 Å². The third-order valence-electron chi connectivity index (χ3n) is 1.90. The van der Waals surface area contributed by atoms with Crippen molar-refractivity contribution in [3.05, 3.63) is 22.6 Å². The number of hydrogen-bond donors (Lipinski definition) is 1. The molecule has 1 atom stereocenters. The van der Waals surface area contributed by atoms with Gasteiger partial charge in [-0.3, -0.25) is 4.79 Å². The van der Waals surface area contributed by atoms with E-state index in [1.54, 1.807) is 12.1 Å². The molecule has 0 aromatic carbocycles. The molecule has 0 spiro atoms. The molecular formula is C10H14BrNO2. The van der Waals surface area contributed by atoms with E-state index in [1.807, 2.05) is 6.92 Å². The lowest BCUT2D eigenvalue weighted by Crippen LogP contribution is -2.32. The van der Waals surface area contributed by atoms with Gasteiger partial charge in [0.2, 0.25) is 0 Å². The Balaban J connectivity index is 2.50. The number of amides is 1. The third-order valence-corrected chi connectivity index (χ3v) is 2.32. The molecule has 0 saturated carbocycles. The molecule has 0 fully saturated rings. The van der Waals surface area contributed by atoms with Crippen molar-refractivity contribution in [2.75, 3.05) is 0 Å². The summed E-state index contributed by atoms with van der Waals surface area (Å²) in [7, 11) is 0. The van der Waals surface area contributed by atoms with Gasteiger partial charge >= 0.3 is 0 Å². The lowest BCUT2D eigenvalue weighted by atomic mass is 10.2. The molecule has 1 heterocycles. The molecule has 1 unspecified atom stereocenters. The molecule has 1 rings (SSSR count). The summed E-state index contributed by atoms with van der Waals surface area (Å²) >= 11 is 3.15. The number of halogens is 1. The SMILES string of the molecule is CCCC(C)NC(=O)c1ccc(Br)o1. The highest BCUT2D eigenvalue weighted by atomic mass is 79.9. The van der Waals surface area contributed by atoms with Gasteiger partial charge in [0.25, 0.3) is 5.91 Å². The van der Waals surface area contributed by atoms with Crippen LogP contribution in [0.3, 0.4) is 0 Å². The minimum absolute atomic E-state index is 0.156. The summed E-state index contributed by atoms with van der Waals surface area (Å²) in [5.41, 5.74) is 0. The van der Waals surface area contributed by atoms with Crippen molar-refractivity contribution in [2.24, 2.45) is 0 Å². The van der Waals surface area contributed by atoms with Gasteiger partial charge in [-0.15, -0.1) is 0 Å². The van der Waals surface area contributed by atoms with Crippen LogP contribution in [0.15, 0.2) is 21.2 Å². The average molecular weight is 260 g/mol. The Hall–Kier alpha value is -0.770. The smallest absolute Gasteiger partial charge is 0.287 e. The number of rotatable bonds is 4. The van der Waals surface area contributed by atoms with Crippen LogP contribution in [0.1, 0.15) is 37.2 Å². The fraction of sp³-hybridized carbons (Fsp3) is 0.500. The van der Waals surface area contributed by atoms with Gasteiger partial charge in [0.15, 0.2) is 10.4 Å². The van der Waals surface area contributed by atoms with Gasteiger partial charge in [0, 0.05) is 6.04 Å². The van der Waals surface area contributed by atoms with Crippen molar-refractivity contribution in [1.82, 2.24) is 5.32 Å². The second kappa shape index (κ2) is 5.20. The zero-order valence-corrected chi connectivity index (χ0v) is 9.93. The first-order chi connectivity index (χ1) is 6.63. The number of carbonyl (C=O) groups excluding carboxylic acids is 1. The molecule has 1 aromatic rings. The summed E-state index contributed by atoms with van der Waals surface area (Å²) in [6, 6.07) is 3.55. The minimum Gasteiger partial charge on any atom is -0.444 e. The van der Waals surface area contributed by atoms with Crippen LogP contribution >= 0.6 is 15.9 Å². The van der Waals surface area contributed by atoms with E-state index >= 15 is 0 Å². The second-order valence-corrected chi connectivity index (χ2v) is 4.05. The summed E-state index contributed by atoms with van der Waals surface area (Å²) in [4.78, 5) is 11.5. The molecule has 0 aliphatic carbocycles. The minimum atomic E-state index is -0.156. The maximum atomic E-state index is 11.5. The summed E-state index contributed by atoms with van der Waals surface area (Å²) < 4.78 is 5.70. The van der Waals surface area contributed by atoms with Crippen molar-refractivity contribution in [1.29, 1.82) is 0 Å². The standard InChI is InChI=1S/C10H14BrNO2/c1-3-4-7(2)12-10(13)8-5-6-9(11)14-8/h5-7H,3-4H2,1-2H3,(H,12,13). The molecule has 4 heteroatoms. The highest BCUT2D eigenvalue weighted by Crippen LogP contribution is 2.14. The fourth-order valence-corrected chi connectivity index (χ4v) is 1.54. The van der Waals surface area contributed by atoms with Crippen LogP contribution in [-0.4, -0.2) is 11.9 Å². The summed E-state index contributed by atoms with van der Waals surface area (Å²) in [6.45, 7) is 4.07. The number of hydrogen-bond acceptors (Lipinski definition) is 2. The van der Waals surface area contributed by atoms with Crippen molar-refractivity contribution in [2.45, 2.75) is 32.7 Å². The molecule has 0 aliphatic heterocycles. The van der Waals surface area contributed by atoms with Gasteiger partial charge in [0.05, 0.1) is 0 Å². The van der Waals surface area contributed by atoms with Crippen molar-refractivity contribution in [3.63, 3.8) is 0 Å². The van der Waals surface area contributed by atoms with Crippen LogP contribution in [0.5, 0.6) is 0 Å². The quantitative estimate of drug-likeness (QED) is 0.904. The Morgan fingerprint density at radius 2 is 2.36 bits per heavy atom. The van der Waals surface area contributed by atoms with E-state index < -0.39 is 0 Å². The molecule has 14 heavy (non-hydrogen) atoms. The van der Waals surface area contributed by atoms with Crippen LogP contribution in [0.2, 0.25) is 0 Å². The number of furan rings is 1. The Bertz CT molecular complexity index is 309. The topological polar surface area (TPSA) is 42.2 Å². The maximum Gasteiger partial charge on any atom is 0.287 e. The number of nitrogens with one attached hydrogen (secondary N) is 1. The molecule has 3 nitrogen and oxygen atoms in total. The van der Waals surface area contributed by atoms with Crippen molar-refractivity contribution < 1.29 is 9.21 Å². The monoisotopic (exact) mass is 259 g/mol. The zero-order valence-electron chi connectivity index (χ0n) is 8.34.